The van der Waals surface area contributed by atoms with Gasteiger partial charge in [-0.25, -0.2) is 18.6 Å². The van der Waals surface area contributed by atoms with E-state index in [0.717, 1.165) is 63.5 Å². The molecule has 10 heteroatoms. The maximum absolute atomic E-state index is 14.7. The van der Waals surface area contributed by atoms with Gasteiger partial charge in [0.15, 0.2) is 17.4 Å². The lowest BCUT2D eigenvalue weighted by Gasteiger charge is -2.39. The van der Waals surface area contributed by atoms with Crippen LogP contribution in [0.2, 0.25) is 0 Å². The molecular weight excluding hydrogens is 432 g/mol. The fourth-order valence-corrected chi connectivity index (χ4v) is 5.07. The molecule has 2 saturated carbocycles. The van der Waals surface area contributed by atoms with Crippen molar-refractivity contribution < 1.29 is 23.8 Å². The summed E-state index contributed by atoms with van der Waals surface area (Å²) in [6.07, 6.45) is 8.02. The molecule has 2 aliphatic carbocycles. The molecule has 0 radical (unpaired) electrons. The van der Waals surface area contributed by atoms with Crippen LogP contribution in [0.3, 0.4) is 0 Å². The standard InChI is InChI=1S/C23H27F2N5O3/c24-17-9-10-18(19(25)20(17)32)29-12-13-11-26-22(27-14-5-7-16(31)8-6-14)28-21(13)30(23(29)33)15-3-1-2-4-15/h9-11,14-16,31-32H,1-8,12H2,(H,26,27,28). The Morgan fingerprint density at radius 3 is 2.52 bits per heavy atom. The molecule has 2 heterocycles. The van der Waals surface area contributed by atoms with Crippen molar-refractivity contribution in [3.63, 3.8) is 0 Å². The SMILES string of the molecule is O=C1N(c2ccc(F)c(O)c2F)Cc2cnc(NC3CCC(O)CC3)nc2N1C1CCCC1. The second kappa shape index (κ2) is 8.74. The molecule has 2 amide bonds. The van der Waals surface area contributed by atoms with E-state index >= 15 is 0 Å². The first-order valence-electron chi connectivity index (χ1n) is 11.5. The number of fused-ring (bicyclic) bond motifs is 1. The number of phenols is 1. The summed E-state index contributed by atoms with van der Waals surface area (Å²) < 4.78 is 28.3. The Morgan fingerprint density at radius 1 is 1.06 bits per heavy atom. The maximum atomic E-state index is 14.7. The van der Waals surface area contributed by atoms with Gasteiger partial charge in [-0.15, -0.1) is 0 Å². The van der Waals surface area contributed by atoms with Gasteiger partial charge in [-0.05, 0) is 50.7 Å². The number of hydrogen-bond donors (Lipinski definition) is 3. The predicted molar refractivity (Wildman–Crippen MR) is 118 cm³/mol. The van der Waals surface area contributed by atoms with Crippen molar-refractivity contribution in [1.29, 1.82) is 0 Å². The van der Waals surface area contributed by atoms with E-state index in [4.69, 9.17) is 0 Å². The molecule has 33 heavy (non-hydrogen) atoms. The fraction of sp³-hybridized carbons (Fsp3) is 0.522. The van der Waals surface area contributed by atoms with Gasteiger partial charge < -0.3 is 15.5 Å². The second-order valence-corrected chi connectivity index (χ2v) is 9.10. The number of aliphatic hydroxyl groups excluding tert-OH is 1. The first-order valence-corrected chi connectivity index (χ1v) is 11.5. The highest BCUT2D eigenvalue weighted by molar-refractivity contribution is 6.06. The van der Waals surface area contributed by atoms with Gasteiger partial charge in [0, 0.05) is 23.8 Å². The van der Waals surface area contributed by atoms with E-state index in [-0.39, 0.29) is 30.4 Å². The van der Waals surface area contributed by atoms with Crippen LogP contribution in [0.15, 0.2) is 18.3 Å². The van der Waals surface area contributed by atoms with Gasteiger partial charge in [0.25, 0.3) is 0 Å². The lowest BCUT2D eigenvalue weighted by molar-refractivity contribution is 0.126. The van der Waals surface area contributed by atoms with Gasteiger partial charge in [0.05, 0.1) is 18.3 Å². The zero-order chi connectivity index (χ0) is 23.1. The van der Waals surface area contributed by atoms with Crippen LogP contribution in [0.4, 0.5) is 31.0 Å². The number of aliphatic hydroxyl groups is 1. The summed E-state index contributed by atoms with van der Waals surface area (Å²) in [5.41, 5.74) is 0.463. The summed E-state index contributed by atoms with van der Waals surface area (Å²) in [7, 11) is 0. The van der Waals surface area contributed by atoms with Gasteiger partial charge in [-0.3, -0.25) is 9.80 Å². The summed E-state index contributed by atoms with van der Waals surface area (Å²) >= 11 is 0. The molecule has 0 saturated heterocycles. The molecule has 176 valence electrons. The number of phenolic OH excluding ortho intramolecular Hbond substituents is 1. The Bertz CT molecular complexity index is 1050. The molecule has 1 aromatic carbocycles. The predicted octanol–water partition coefficient (Wildman–Crippen LogP) is 4.07. The van der Waals surface area contributed by atoms with Crippen molar-refractivity contribution >= 4 is 23.5 Å². The number of hydrogen-bond acceptors (Lipinski definition) is 6. The molecular formula is C23H27F2N5O3. The quantitative estimate of drug-likeness (QED) is 0.637. The molecule has 0 bridgehead atoms. The first kappa shape index (κ1) is 21.8. The summed E-state index contributed by atoms with van der Waals surface area (Å²) in [5, 5.41) is 22.8. The number of benzene rings is 1. The largest absolute Gasteiger partial charge is 0.503 e. The number of halogens is 2. The van der Waals surface area contributed by atoms with E-state index in [0.29, 0.717) is 17.3 Å². The van der Waals surface area contributed by atoms with Crippen LogP contribution in [0.5, 0.6) is 5.75 Å². The molecule has 0 atom stereocenters. The van der Waals surface area contributed by atoms with Gasteiger partial charge in [-0.2, -0.15) is 4.98 Å². The number of nitrogens with zero attached hydrogens (tertiary/aromatic N) is 4. The number of aromatic nitrogens is 2. The van der Waals surface area contributed by atoms with Crippen molar-refractivity contribution in [2.45, 2.75) is 76.1 Å². The van der Waals surface area contributed by atoms with Crippen LogP contribution in [0.1, 0.15) is 56.9 Å². The Hall–Kier alpha value is -3.01. The van der Waals surface area contributed by atoms with Crippen LogP contribution in [0, 0.1) is 11.6 Å². The molecule has 1 aromatic heterocycles. The van der Waals surface area contributed by atoms with Gasteiger partial charge >= 0.3 is 6.03 Å². The normalized spacial score (nSPS) is 23.7. The van der Waals surface area contributed by atoms with E-state index in [9.17, 15) is 23.8 Å². The number of carbonyl (C=O) groups excluding carboxylic acids is 1. The highest BCUT2D eigenvalue weighted by Gasteiger charge is 2.39. The Balaban J connectivity index is 1.49. The van der Waals surface area contributed by atoms with Crippen molar-refractivity contribution in [2.24, 2.45) is 0 Å². The molecule has 2 aromatic rings. The zero-order valence-corrected chi connectivity index (χ0v) is 18.2. The van der Waals surface area contributed by atoms with Gasteiger partial charge in [-0.1, -0.05) is 12.8 Å². The number of amides is 2. The maximum Gasteiger partial charge on any atom is 0.330 e. The highest BCUT2D eigenvalue weighted by Crippen LogP contribution is 2.38. The lowest BCUT2D eigenvalue weighted by atomic mass is 9.93. The third-order valence-electron chi connectivity index (χ3n) is 6.89. The van der Waals surface area contributed by atoms with E-state index in [1.54, 1.807) is 11.1 Å². The minimum Gasteiger partial charge on any atom is -0.503 e. The van der Waals surface area contributed by atoms with Crippen molar-refractivity contribution in [2.75, 3.05) is 15.1 Å². The summed E-state index contributed by atoms with van der Waals surface area (Å²) in [5.74, 6) is -2.43. The molecule has 2 fully saturated rings. The third kappa shape index (κ3) is 4.07. The number of anilines is 3. The van der Waals surface area contributed by atoms with E-state index < -0.39 is 23.4 Å². The van der Waals surface area contributed by atoms with Crippen molar-refractivity contribution in [3.05, 3.63) is 35.5 Å². The topological polar surface area (TPSA) is 102 Å². The zero-order valence-electron chi connectivity index (χ0n) is 18.2. The lowest BCUT2D eigenvalue weighted by Crippen LogP contribution is -2.52. The third-order valence-corrected chi connectivity index (χ3v) is 6.89. The van der Waals surface area contributed by atoms with E-state index in [1.165, 1.54) is 4.90 Å². The summed E-state index contributed by atoms with van der Waals surface area (Å²) in [4.78, 5) is 25.5. The molecule has 3 aliphatic rings. The molecule has 3 N–H and O–H groups in total. The number of nitrogens with one attached hydrogen (secondary N) is 1. The van der Waals surface area contributed by atoms with E-state index in [2.05, 4.69) is 15.3 Å². The molecule has 0 spiro atoms. The number of aromatic hydroxyl groups is 1. The van der Waals surface area contributed by atoms with Crippen LogP contribution in [-0.2, 0) is 6.54 Å². The molecule has 5 rings (SSSR count). The van der Waals surface area contributed by atoms with Crippen LogP contribution < -0.4 is 15.1 Å². The fourth-order valence-electron chi connectivity index (χ4n) is 5.07. The molecule has 1 aliphatic heterocycles. The smallest absolute Gasteiger partial charge is 0.330 e. The Labute approximate surface area is 190 Å². The van der Waals surface area contributed by atoms with Crippen LogP contribution >= 0.6 is 0 Å². The number of rotatable bonds is 4. The summed E-state index contributed by atoms with van der Waals surface area (Å²) in [6, 6.07) is 1.72. The first-order chi connectivity index (χ1) is 15.9. The highest BCUT2D eigenvalue weighted by atomic mass is 19.1. The Morgan fingerprint density at radius 2 is 1.79 bits per heavy atom. The van der Waals surface area contributed by atoms with E-state index in [1.807, 2.05) is 0 Å². The van der Waals surface area contributed by atoms with Crippen molar-refractivity contribution in [3.8, 4) is 5.75 Å². The number of carbonyl (C=O) groups is 1. The van der Waals surface area contributed by atoms with Crippen molar-refractivity contribution in [1.82, 2.24) is 9.97 Å². The minimum absolute atomic E-state index is 0.00921. The molecule has 0 unspecified atom stereocenters. The van der Waals surface area contributed by atoms with Gasteiger partial charge in [0.1, 0.15) is 5.82 Å². The average molecular weight is 459 g/mol. The van der Waals surface area contributed by atoms with Gasteiger partial charge in [0.2, 0.25) is 5.95 Å². The second-order valence-electron chi connectivity index (χ2n) is 9.10. The average Bonchev–Trinajstić information content (AvgIpc) is 3.33. The van der Waals surface area contributed by atoms with Crippen LogP contribution in [0.25, 0.3) is 0 Å². The number of urea groups is 1. The van der Waals surface area contributed by atoms with Crippen LogP contribution in [-0.4, -0.2) is 44.4 Å². The Kier molecular flexibility index (Phi) is 5.77. The minimum atomic E-state index is -1.17. The monoisotopic (exact) mass is 459 g/mol. The molecule has 8 nitrogen and oxygen atoms in total. The summed E-state index contributed by atoms with van der Waals surface area (Å²) in [6.45, 7) is 0.00921.